The minimum Gasteiger partial charge on any atom is -0.348 e. The third-order valence-corrected chi connectivity index (χ3v) is 5.01. The van der Waals surface area contributed by atoms with Gasteiger partial charge in [0.25, 0.3) is 11.8 Å². The van der Waals surface area contributed by atoms with Crippen molar-refractivity contribution in [1.82, 2.24) is 20.0 Å². The number of benzene rings is 2. The van der Waals surface area contributed by atoms with Gasteiger partial charge in [-0.25, -0.2) is 4.68 Å². The van der Waals surface area contributed by atoms with Gasteiger partial charge in [-0.3, -0.25) is 9.59 Å². The average Bonchev–Trinajstić information content (AvgIpc) is 3.21. The summed E-state index contributed by atoms with van der Waals surface area (Å²) in [5.41, 5.74) is 2.67. The highest BCUT2D eigenvalue weighted by Crippen LogP contribution is 2.19. The van der Waals surface area contributed by atoms with E-state index in [1.807, 2.05) is 44.2 Å². The Balaban J connectivity index is 1.61. The number of carbonyl (C=O) groups excluding carboxylic acids is 2. The minimum absolute atomic E-state index is 0.0254. The maximum Gasteiger partial charge on any atom is 0.254 e. The number of nitrogens with one attached hydrogen (secondary N) is 1. The molecule has 150 valence electrons. The van der Waals surface area contributed by atoms with Crippen LogP contribution in [0.3, 0.4) is 0 Å². The summed E-state index contributed by atoms with van der Waals surface area (Å²) in [6, 6.07) is 14.7. The van der Waals surface area contributed by atoms with Gasteiger partial charge in [-0.2, -0.15) is 5.10 Å². The molecule has 0 saturated carbocycles. The highest BCUT2D eigenvalue weighted by atomic mass is 35.5. The Morgan fingerprint density at radius 3 is 2.45 bits per heavy atom. The molecule has 0 atom stereocenters. The third kappa shape index (κ3) is 4.84. The second kappa shape index (κ2) is 8.92. The molecule has 29 heavy (non-hydrogen) atoms. The van der Waals surface area contributed by atoms with E-state index < -0.39 is 0 Å². The number of nitrogens with zero attached hydrogens (tertiary/aromatic N) is 3. The number of carbonyl (C=O) groups is 2. The Morgan fingerprint density at radius 1 is 1.10 bits per heavy atom. The lowest BCUT2D eigenvalue weighted by Gasteiger charge is -2.21. The number of aromatic nitrogens is 2. The highest BCUT2D eigenvalue weighted by Gasteiger charge is 2.14. The zero-order valence-corrected chi connectivity index (χ0v) is 17.3. The maximum atomic E-state index is 12.4. The molecule has 2 aromatic carbocycles. The first-order valence-corrected chi connectivity index (χ1v) is 9.68. The largest absolute Gasteiger partial charge is 0.348 e. The molecule has 0 unspecified atom stereocenters. The first-order valence-electron chi connectivity index (χ1n) is 9.30. The van der Waals surface area contributed by atoms with Crippen LogP contribution in [0.4, 0.5) is 0 Å². The van der Waals surface area contributed by atoms with Gasteiger partial charge >= 0.3 is 0 Å². The summed E-state index contributed by atoms with van der Waals surface area (Å²) in [5, 5.41) is 7.63. The third-order valence-electron chi connectivity index (χ3n) is 4.69. The Labute approximate surface area is 175 Å². The average molecular weight is 411 g/mol. The van der Waals surface area contributed by atoms with Crippen molar-refractivity contribution in [1.29, 1.82) is 0 Å². The number of rotatable bonds is 6. The molecular weight excluding hydrogens is 388 g/mol. The van der Waals surface area contributed by atoms with Gasteiger partial charge in [0.2, 0.25) is 0 Å². The molecule has 0 saturated heterocycles. The van der Waals surface area contributed by atoms with Crippen LogP contribution in [-0.2, 0) is 6.54 Å². The number of halogens is 1. The van der Waals surface area contributed by atoms with Gasteiger partial charge < -0.3 is 10.2 Å². The molecule has 6 nitrogen and oxygen atoms in total. The summed E-state index contributed by atoms with van der Waals surface area (Å²) in [6.45, 7) is 4.29. The lowest BCUT2D eigenvalue weighted by molar-refractivity contribution is 0.0754. The number of para-hydroxylation sites is 1. The van der Waals surface area contributed by atoms with Crippen molar-refractivity contribution in [3.63, 3.8) is 0 Å². The van der Waals surface area contributed by atoms with Crippen LogP contribution in [0.2, 0.25) is 5.02 Å². The molecule has 0 bridgehead atoms. The van der Waals surface area contributed by atoms with Gasteiger partial charge in [0.1, 0.15) is 0 Å². The number of hydrogen-bond donors (Lipinski definition) is 1. The fraction of sp³-hybridized carbons (Fsp3) is 0.227. The van der Waals surface area contributed by atoms with E-state index in [0.717, 1.165) is 5.56 Å². The maximum absolute atomic E-state index is 12.4. The van der Waals surface area contributed by atoms with Crippen molar-refractivity contribution in [3.05, 3.63) is 82.6 Å². The van der Waals surface area contributed by atoms with Crippen molar-refractivity contribution >= 4 is 23.4 Å². The molecule has 1 aromatic heterocycles. The van der Waals surface area contributed by atoms with Crippen molar-refractivity contribution < 1.29 is 9.59 Å². The van der Waals surface area contributed by atoms with Crippen LogP contribution >= 0.6 is 11.6 Å². The molecule has 0 fully saturated rings. The van der Waals surface area contributed by atoms with Gasteiger partial charge in [-0.05, 0) is 43.7 Å². The Hall–Kier alpha value is -3.12. The van der Waals surface area contributed by atoms with E-state index in [1.165, 1.54) is 6.20 Å². The van der Waals surface area contributed by atoms with Crippen LogP contribution < -0.4 is 5.32 Å². The van der Waals surface area contributed by atoms with Gasteiger partial charge in [0.05, 0.1) is 22.5 Å². The zero-order valence-electron chi connectivity index (χ0n) is 16.6. The van der Waals surface area contributed by atoms with Crippen molar-refractivity contribution in [2.24, 2.45) is 0 Å². The molecule has 0 spiro atoms. The zero-order chi connectivity index (χ0) is 21.0. The quantitative estimate of drug-likeness (QED) is 0.669. The van der Waals surface area contributed by atoms with E-state index >= 15 is 0 Å². The van der Waals surface area contributed by atoms with E-state index in [4.69, 9.17) is 11.6 Å². The number of hydrogen-bond acceptors (Lipinski definition) is 3. The van der Waals surface area contributed by atoms with Crippen molar-refractivity contribution in [3.8, 4) is 5.69 Å². The van der Waals surface area contributed by atoms with Crippen molar-refractivity contribution in [2.45, 2.75) is 26.4 Å². The highest BCUT2D eigenvalue weighted by molar-refractivity contribution is 6.32. The van der Waals surface area contributed by atoms with Crippen LogP contribution in [0.1, 0.15) is 40.1 Å². The summed E-state index contributed by atoms with van der Waals surface area (Å²) in [4.78, 5) is 26.4. The second-order valence-electron chi connectivity index (χ2n) is 7.01. The summed E-state index contributed by atoms with van der Waals surface area (Å²) >= 11 is 6.17. The second-order valence-corrected chi connectivity index (χ2v) is 7.42. The normalized spacial score (nSPS) is 10.8. The summed E-state index contributed by atoms with van der Waals surface area (Å²) in [6.07, 6.45) is 3.14. The molecule has 0 aliphatic heterocycles. The van der Waals surface area contributed by atoms with Gasteiger partial charge in [-0.1, -0.05) is 35.9 Å². The first kappa shape index (κ1) is 20.6. The standard InChI is InChI=1S/C22H23ClN4O2/c1-15(2)26(3)22(29)17-10-8-16(9-11-17)12-24-21(28)18-13-25-27(14-18)20-7-5-4-6-19(20)23/h4-11,13-15H,12H2,1-3H3,(H,24,28). The van der Waals surface area contributed by atoms with E-state index in [0.29, 0.717) is 28.4 Å². The first-order chi connectivity index (χ1) is 13.9. The fourth-order valence-electron chi connectivity index (χ4n) is 2.70. The van der Waals surface area contributed by atoms with E-state index in [9.17, 15) is 9.59 Å². The molecule has 0 aliphatic rings. The van der Waals surface area contributed by atoms with Crippen LogP contribution in [0.5, 0.6) is 0 Å². The predicted molar refractivity (Wildman–Crippen MR) is 113 cm³/mol. The van der Waals surface area contributed by atoms with Gasteiger partial charge in [0.15, 0.2) is 0 Å². The molecule has 3 rings (SSSR count). The molecule has 0 aliphatic carbocycles. The van der Waals surface area contributed by atoms with Crippen molar-refractivity contribution in [2.75, 3.05) is 7.05 Å². The Bertz CT molecular complexity index is 1010. The van der Waals surface area contributed by atoms with E-state index in [2.05, 4.69) is 10.4 Å². The molecular formula is C22H23ClN4O2. The molecule has 3 aromatic rings. The number of amides is 2. The van der Waals surface area contributed by atoms with Crippen LogP contribution in [0.15, 0.2) is 60.9 Å². The summed E-state index contributed by atoms with van der Waals surface area (Å²) in [7, 11) is 1.78. The summed E-state index contributed by atoms with van der Waals surface area (Å²) in [5.74, 6) is -0.259. The molecule has 7 heteroatoms. The molecule has 1 N–H and O–H groups in total. The van der Waals surface area contributed by atoms with Crippen LogP contribution in [0.25, 0.3) is 5.69 Å². The molecule has 1 heterocycles. The fourth-order valence-corrected chi connectivity index (χ4v) is 2.92. The summed E-state index contributed by atoms with van der Waals surface area (Å²) < 4.78 is 1.57. The van der Waals surface area contributed by atoms with E-state index in [-0.39, 0.29) is 17.9 Å². The monoisotopic (exact) mass is 410 g/mol. The van der Waals surface area contributed by atoms with E-state index in [1.54, 1.807) is 41.0 Å². The topological polar surface area (TPSA) is 67.2 Å². The SMILES string of the molecule is CC(C)N(C)C(=O)c1ccc(CNC(=O)c2cnn(-c3ccccc3Cl)c2)cc1. The lowest BCUT2D eigenvalue weighted by atomic mass is 10.1. The molecule has 0 radical (unpaired) electrons. The predicted octanol–water partition coefficient (Wildman–Crippen LogP) is 3.94. The van der Waals surface area contributed by atoms with Gasteiger partial charge in [0, 0.05) is 31.4 Å². The lowest BCUT2D eigenvalue weighted by Crippen LogP contribution is -2.32. The van der Waals surface area contributed by atoms with Crippen LogP contribution in [-0.4, -0.2) is 39.6 Å². The Kier molecular flexibility index (Phi) is 6.34. The Morgan fingerprint density at radius 2 is 1.79 bits per heavy atom. The smallest absolute Gasteiger partial charge is 0.254 e. The minimum atomic E-state index is -0.233. The van der Waals surface area contributed by atoms with Crippen LogP contribution in [0, 0.1) is 0 Å². The van der Waals surface area contributed by atoms with Gasteiger partial charge in [-0.15, -0.1) is 0 Å². The molecule has 2 amide bonds.